The minimum absolute atomic E-state index is 0.431. The van der Waals surface area contributed by atoms with Gasteiger partial charge in [0.15, 0.2) is 0 Å². The number of anilines is 1. The van der Waals surface area contributed by atoms with Gasteiger partial charge in [0.25, 0.3) is 0 Å². The molecule has 0 aliphatic heterocycles. The minimum Gasteiger partial charge on any atom is -0.477 e. The molecular formula is C13H14ClN3O. The zero-order valence-corrected chi connectivity index (χ0v) is 10.6. The van der Waals surface area contributed by atoms with E-state index in [-0.39, 0.29) is 0 Å². The molecule has 2 aromatic heterocycles. The fourth-order valence-electron chi connectivity index (χ4n) is 1.54. The number of aromatic nitrogens is 2. The Morgan fingerprint density at radius 3 is 2.78 bits per heavy atom. The Balaban J connectivity index is 1.79. The van der Waals surface area contributed by atoms with Gasteiger partial charge in [-0.3, -0.25) is 4.98 Å². The van der Waals surface area contributed by atoms with Crippen LogP contribution in [0.5, 0.6) is 5.88 Å². The van der Waals surface area contributed by atoms with Gasteiger partial charge in [-0.25, -0.2) is 4.98 Å². The van der Waals surface area contributed by atoms with Gasteiger partial charge in [0.2, 0.25) is 5.88 Å². The Labute approximate surface area is 111 Å². The van der Waals surface area contributed by atoms with Gasteiger partial charge in [0, 0.05) is 12.4 Å². The van der Waals surface area contributed by atoms with Crippen molar-refractivity contribution in [2.75, 3.05) is 12.3 Å². The molecule has 0 radical (unpaired) electrons. The van der Waals surface area contributed by atoms with Crippen LogP contribution in [-0.2, 0) is 6.42 Å². The Morgan fingerprint density at radius 2 is 2.06 bits per heavy atom. The predicted octanol–water partition coefficient (Wildman–Crippen LogP) is 2.72. The van der Waals surface area contributed by atoms with Gasteiger partial charge in [-0.05, 0) is 36.6 Å². The van der Waals surface area contributed by atoms with E-state index in [1.54, 1.807) is 18.5 Å². The van der Waals surface area contributed by atoms with E-state index in [4.69, 9.17) is 22.1 Å². The molecule has 0 bridgehead atoms. The Kier molecular flexibility index (Phi) is 4.36. The van der Waals surface area contributed by atoms with Crippen molar-refractivity contribution in [3.05, 3.63) is 47.4 Å². The van der Waals surface area contributed by atoms with E-state index in [9.17, 15) is 0 Å². The van der Waals surface area contributed by atoms with E-state index in [1.807, 2.05) is 12.1 Å². The number of pyridine rings is 2. The number of nitrogens with two attached hydrogens (primary N) is 1. The molecule has 18 heavy (non-hydrogen) atoms. The highest BCUT2D eigenvalue weighted by molar-refractivity contribution is 6.32. The number of hydrogen-bond acceptors (Lipinski definition) is 4. The summed E-state index contributed by atoms with van der Waals surface area (Å²) < 4.78 is 5.50. The molecule has 0 fully saturated rings. The molecule has 2 aromatic rings. The number of nitrogen functional groups attached to an aromatic ring is 1. The van der Waals surface area contributed by atoms with Crippen molar-refractivity contribution < 1.29 is 4.74 Å². The first-order valence-corrected chi connectivity index (χ1v) is 6.06. The highest BCUT2D eigenvalue weighted by atomic mass is 35.5. The quantitative estimate of drug-likeness (QED) is 0.843. The zero-order chi connectivity index (χ0) is 12.8. The van der Waals surface area contributed by atoms with Crippen molar-refractivity contribution in [3.63, 3.8) is 0 Å². The lowest BCUT2D eigenvalue weighted by atomic mass is 10.1. The summed E-state index contributed by atoms with van der Waals surface area (Å²) in [6.07, 6.45) is 6.94. The molecule has 2 heterocycles. The summed E-state index contributed by atoms with van der Waals surface area (Å²) in [6.45, 7) is 0.568. The zero-order valence-electron chi connectivity index (χ0n) is 9.84. The monoisotopic (exact) mass is 263 g/mol. The van der Waals surface area contributed by atoms with Gasteiger partial charge in [-0.2, -0.15) is 0 Å². The van der Waals surface area contributed by atoms with E-state index in [0.717, 1.165) is 12.8 Å². The second kappa shape index (κ2) is 6.21. The van der Waals surface area contributed by atoms with Crippen LogP contribution in [0.3, 0.4) is 0 Å². The molecule has 0 unspecified atom stereocenters. The van der Waals surface area contributed by atoms with Crippen molar-refractivity contribution >= 4 is 17.3 Å². The van der Waals surface area contributed by atoms with Gasteiger partial charge < -0.3 is 10.5 Å². The van der Waals surface area contributed by atoms with E-state index >= 15 is 0 Å². The van der Waals surface area contributed by atoms with Crippen molar-refractivity contribution in [1.29, 1.82) is 0 Å². The third-order valence-electron chi connectivity index (χ3n) is 2.43. The third-order valence-corrected chi connectivity index (χ3v) is 2.70. The van der Waals surface area contributed by atoms with Crippen LogP contribution in [0.4, 0.5) is 5.69 Å². The molecule has 5 heteroatoms. The number of halogens is 1. The smallest absolute Gasteiger partial charge is 0.232 e. The maximum Gasteiger partial charge on any atom is 0.232 e. The molecule has 0 amide bonds. The summed E-state index contributed by atoms with van der Waals surface area (Å²) >= 11 is 5.95. The fraction of sp³-hybridized carbons (Fsp3) is 0.231. The summed E-state index contributed by atoms with van der Waals surface area (Å²) in [6, 6.07) is 5.62. The minimum atomic E-state index is 0.431. The molecule has 0 spiro atoms. The molecule has 94 valence electrons. The standard InChI is InChI=1S/C13H14ClN3O/c14-12-8-11(15)9-17-13(12)18-7-1-2-10-3-5-16-6-4-10/h3-6,8-9H,1-2,7,15H2. The average molecular weight is 264 g/mol. The number of aryl methyl sites for hydroxylation is 1. The van der Waals surface area contributed by atoms with E-state index < -0.39 is 0 Å². The molecule has 2 rings (SSSR count). The summed E-state index contributed by atoms with van der Waals surface area (Å²) in [4.78, 5) is 8.00. The van der Waals surface area contributed by atoms with Gasteiger partial charge in [0.05, 0.1) is 18.5 Å². The van der Waals surface area contributed by atoms with E-state index in [0.29, 0.717) is 23.2 Å². The molecule has 0 saturated carbocycles. The lowest BCUT2D eigenvalue weighted by Crippen LogP contribution is -2.02. The summed E-state index contributed by atoms with van der Waals surface area (Å²) in [7, 11) is 0. The highest BCUT2D eigenvalue weighted by Crippen LogP contribution is 2.23. The molecular weight excluding hydrogens is 250 g/mol. The van der Waals surface area contributed by atoms with Crippen LogP contribution >= 0.6 is 11.6 Å². The molecule has 0 aliphatic carbocycles. The van der Waals surface area contributed by atoms with Crippen molar-refractivity contribution in [3.8, 4) is 5.88 Å². The Morgan fingerprint density at radius 1 is 1.28 bits per heavy atom. The van der Waals surface area contributed by atoms with Crippen LogP contribution in [0.2, 0.25) is 5.02 Å². The molecule has 2 N–H and O–H groups in total. The number of nitrogens with zero attached hydrogens (tertiary/aromatic N) is 2. The molecule has 0 saturated heterocycles. The van der Waals surface area contributed by atoms with Crippen LogP contribution < -0.4 is 10.5 Å². The van der Waals surface area contributed by atoms with Crippen molar-refractivity contribution in [2.24, 2.45) is 0 Å². The summed E-state index contributed by atoms with van der Waals surface area (Å²) in [5, 5.41) is 0.443. The molecule has 0 aromatic carbocycles. The van der Waals surface area contributed by atoms with Crippen LogP contribution in [0, 0.1) is 0 Å². The van der Waals surface area contributed by atoms with Crippen molar-refractivity contribution in [2.45, 2.75) is 12.8 Å². The van der Waals surface area contributed by atoms with Crippen LogP contribution in [0.25, 0.3) is 0 Å². The van der Waals surface area contributed by atoms with Crippen LogP contribution in [0.1, 0.15) is 12.0 Å². The Bertz CT molecular complexity index is 505. The first-order valence-electron chi connectivity index (χ1n) is 5.68. The molecule has 0 atom stereocenters. The van der Waals surface area contributed by atoms with Gasteiger partial charge >= 0.3 is 0 Å². The maximum atomic E-state index is 5.95. The first-order chi connectivity index (χ1) is 8.75. The SMILES string of the molecule is Nc1cnc(OCCCc2ccncc2)c(Cl)c1. The van der Waals surface area contributed by atoms with Crippen LogP contribution in [0.15, 0.2) is 36.8 Å². The van der Waals surface area contributed by atoms with E-state index in [2.05, 4.69) is 9.97 Å². The van der Waals surface area contributed by atoms with Gasteiger partial charge in [-0.15, -0.1) is 0 Å². The first kappa shape index (κ1) is 12.6. The normalized spacial score (nSPS) is 10.3. The number of rotatable bonds is 5. The average Bonchev–Trinajstić information content (AvgIpc) is 2.38. The lowest BCUT2D eigenvalue weighted by Gasteiger charge is -2.07. The number of hydrogen-bond donors (Lipinski definition) is 1. The second-order valence-corrected chi connectivity index (χ2v) is 4.27. The summed E-state index contributed by atoms with van der Waals surface area (Å²) in [5.74, 6) is 0.431. The van der Waals surface area contributed by atoms with Crippen molar-refractivity contribution in [1.82, 2.24) is 9.97 Å². The molecule has 0 aliphatic rings. The van der Waals surface area contributed by atoms with E-state index in [1.165, 1.54) is 11.8 Å². The van der Waals surface area contributed by atoms with Crippen LogP contribution in [-0.4, -0.2) is 16.6 Å². The lowest BCUT2D eigenvalue weighted by molar-refractivity contribution is 0.299. The topological polar surface area (TPSA) is 61.0 Å². The highest BCUT2D eigenvalue weighted by Gasteiger charge is 2.03. The fourth-order valence-corrected chi connectivity index (χ4v) is 1.77. The molecule has 4 nitrogen and oxygen atoms in total. The summed E-state index contributed by atoms with van der Waals surface area (Å²) in [5.41, 5.74) is 7.32. The third kappa shape index (κ3) is 3.60. The predicted molar refractivity (Wildman–Crippen MR) is 71.7 cm³/mol. The largest absolute Gasteiger partial charge is 0.477 e. The van der Waals surface area contributed by atoms with Gasteiger partial charge in [0.1, 0.15) is 5.02 Å². The second-order valence-electron chi connectivity index (χ2n) is 3.86. The maximum absolute atomic E-state index is 5.95. The number of ether oxygens (including phenoxy) is 1. The van der Waals surface area contributed by atoms with Gasteiger partial charge in [-0.1, -0.05) is 11.6 Å². The Hall–Kier alpha value is -1.81.